The average molecular weight is 779 g/mol. The summed E-state index contributed by atoms with van der Waals surface area (Å²) in [6, 6.07) is 71.7. The molecular formula is C57H34N2S. The zero-order chi connectivity index (χ0) is 39.3. The molecule has 3 heteroatoms. The molecule has 3 heterocycles. The molecule has 2 nitrogen and oxygen atoms in total. The zero-order valence-corrected chi connectivity index (χ0v) is 33.2. The fourth-order valence-corrected chi connectivity index (χ4v) is 11.3. The number of thiophene rings is 1. The molecule has 8 aromatic carbocycles. The summed E-state index contributed by atoms with van der Waals surface area (Å²) in [5, 5.41) is 2.64. The van der Waals surface area contributed by atoms with E-state index in [9.17, 15) is 0 Å². The summed E-state index contributed by atoms with van der Waals surface area (Å²) in [5.41, 5.74) is 22.7. The molecule has 0 fully saturated rings. The van der Waals surface area contributed by atoms with E-state index in [-0.39, 0.29) is 0 Å². The lowest BCUT2D eigenvalue weighted by atomic mass is 9.80. The first-order valence-corrected chi connectivity index (χ1v) is 21.3. The Morgan fingerprint density at radius 2 is 0.883 bits per heavy atom. The highest BCUT2D eigenvalue weighted by molar-refractivity contribution is 7.26. The second-order valence-electron chi connectivity index (χ2n) is 15.8. The van der Waals surface area contributed by atoms with Gasteiger partial charge >= 0.3 is 0 Å². The number of fused-ring (bicyclic) bond motifs is 19. The smallest absolute Gasteiger partial charge is 0.0787 e. The van der Waals surface area contributed by atoms with Crippen LogP contribution in [0.1, 0.15) is 0 Å². The van der Waals surface area contributed by atoms with Gasteiger partial charge in [-0.05, 0) is 103 Å². The van der Waals surface area contributed by atoms with Crippen molar-refractivity contribution in [1.82, 2.24) is 9.55 Å². The Bertz CT molecular complexity index is 3560. The van der Waals surface area contributed by atoms with Gasteiger partial charge < -0.3 is 4.57 Å². The molecule has 0 N–H and O–H groups in total. The Morgan fingerprint density at radius 3 is 1.63 bits per heavy atom. The average Bonchev–Trinajstić information content (AvgIpc) is 3.93. The highest BCUT2D eigenvalue weighted by Gasteiger charge is 2.27. The van der Waals surface area contributed by atoms with Gasteiger partial charge in [0.2, 0.25) is 0 Å². The highest BCUT2D eigenvalue weighted by atomic mass is 32.1. The summed E-state index contributed by atoms with van der Waals surface area (Å²) in [7, 11) is 0. The van der Waals surface area contributed by atoms with Crippen molar-refractivity contribution in [3.63, 3.8) is 0 Å². The van der Waals surface area contributed by atoms with Gasteiger partial charge in [-0.3, -0.25) is 4.98 Å². The number of benzene rings is 8. The van der Waals surface area contributed by atoms with Crippen LogP contribution in [-0.2, 0) is 0 Å². The summed E-state index contributed by atoms with van der Waals surface area (Å²) in [4.78, 5) is 5.00. The van der Waals surface area contributed by atoms with Gasteiger partial charge in [0.1, 0.15) is 0 Å². The van der Waals surface area contributed by atoms with Gasteiger partial charge in [0.15, 0.2) is 0 Å². The van der Waals surface area contributed by atoms with E-state index >= 15 is 0 Å². The first-order chi connectivity index (χ1) is 29.8. The van der Waals surface area contributed by atoms with Gasteiger partial charge in [-0.15, -0.1) is 11.3 Å². The van der Waals surface area contributed by atoms with Crippen molar-refractivity contribution in [2.45, 2.75) is 0 Å². The normalized spacial score (nSPS) is 12.0. The second kappa shape index (κ2) is 13.0. The maximum absolute atomic E-state index is 5.00. The summed E-state index contributed by atoms with van der Waals surface area (Å²) < 4.78 is 5.05. The van der Waals surface area contributed by atoms with Crippen LogP contribution >= 0.6 is 11.3 Å². The molecule has 0 spiro atoms. The maximum Gasteiger partial charge on any atom is 0.0787 e. The summed E-state index contributed by atoms with van der Waals surface area (Å²) in [5.74, 6) is 0. The molecule has 0 aliphatic heterocycles. The fourth-order valence-electron chi connectivity index (χ4n) is 10.0. The van der Waals surface area contributed by atoms with Crippen molar-refractivity contribution in [2.24, 2.45) is 0 Å². The van der Waals surface area contributed by atoms with Crippen molar-refractivity contribution < 1.29 is 0 Å². The van der Waals surface area contributed by atoms with Crippen LogP contribution in [0, 0.1) is 0 Å². The number of rotatable bonds is 2. The predicted molar refractivity (Wildman–Crippen MR) is 252 cm³/mol. The molecule has 278 valence electrons. The molecule has 0 amide bonds. The third-order valence-electron chi connectivity index (χ3n) is 12.7. The number of aromatic nitrogens is 2. The number of hydrogen-bond acceptors (Lipinski definition) is 2. The van der Waals surface area contributed by atoms with Crippen molar-refractivity contribution in [2.75, 3.05) is 0 Å². The van der Waals surface area contributed by atoms with Crippen molar-refractivity contribution in [1.29, 1.82) is 0 Å². The van der Waals surface area contributed by atoms with Crippen LogP contribution in [0.4, 0.5) is 0 Å². The van der Waals surface area contributed by atoms with Crippen LogP contribution in [-0.4, -0.2) is 9.55 Å². The predicted octanol–water partition coefficient (Wildman–Crippen LogP) is 15.9. The van der Waals surface area contributed by atoms with Crippen LogP contribution in [0.2, 0.25) is 0 Å². The number of nitrogens with zero attached hydrogens (tertiary/aromatic N) is 2. The number of hydrogen-bond donors (Lipinski definition) is 0. The molecule has 0 unspecified atom stereocenters. The van der Waals surface area contributed by atoms with Crippen molar-refractivity contribution in [3.05, 3.63) is 207 Å². The topological polar surface area (TPSA) is 17.8 Å². The monoisotopic (exact) mass is 778 g/mol. The Labute approximate surface area is 352 Å². The minimum atomic E-state index is 1.01. The van der Waals surface area contributed by atoms with Gasteiger partial charge in [0.25, 0.3) is 0 Å². The van der Waals surface area contributed by atoms with Crippen LogP contribution in [0.25, 0.3) is 126 Å². The molecule has 11 aromatic rings. The van der Waals surface area contributed by atoms with E-state index in [1.807, 2.05) is 17.5 Å². The Morgan fingerprint density at radius 1 is 0.350 bits per heavy atom. The molecule has 0 saturated heterocycles. The molecule has 60 heavy (non-hydrogen) atoms. The van der Waals surface area contributed by atoms with Crippen molar-refractivity contribution in [3.8, 4) is 106 Å². The van der Waals surface area contributed by atoms with E-state index in [1.165, 1.54) is 104 Å². The molecule has 2 aliphatic rings. The second-order valence-corrected chi connectivity index (χ2v) is 16.9. The van der Waals surface area contributed by atoms with E-state index < -0.39 is 0 Å². The molecular weight excluding hydrogens is 745 g/mol. The summed E-state index contributed by atoms with van der Waals surface area (Å²) >= 11 is 1.89. The van der Waals surface area contributed by atoms with Crippen molar-refractivity contribution >= 4 is 31.5 Å². The zero-order valence-electron chi connectivity index (χ0n) is 32.4. The molecule has 3 aromatic heterocycles. The summed E-state index contributed by atoms with van der Waals surface area (Å²) in [6.45, 7) is 0. The fraction of sp³-hybridized carbons (Fsp3) is 0. The largest absolute Gasteiger partial charge is 0.316 e. The quantitative estimate of drug-likeness (QED) is 0.171. The lowest BCUT2D eigenvalue weighted by Gasteiger charge is -2.25. The van der Waals surface area contributed by atoms with Crippen LogP contribution < -0.4 is 0 Å². The Hall–Kier alpha value is -7.59. The maximum atomic E-state index is 5.00. The molecule has 2 aliphatic carbocycles. The van der Waals surface area contributed by atoms with E-state index in [1.54, 1.807) is 0 Å². The van der Waals surface area contributed by atoms with E-state index in [0.717, 1.165) is 22.5 Å². The Balaban J connectivity index is 1.05. The minimum Gasteiger partial charge on any atom is -0.316 e. The third kappa shape index (κ3) is 4.84. The Kier molecular flexibility index (Phi) is 7.21. The van der Waals surface area contributed by atoms with Crippen LogP contribution in [0.5, 0.6) is 0 Å². The molecule has 0 atom stereocenters. The lowest BCUT2D eigenvalue weighted by Crippen LogP contribution is -2.03. The first kappa shape index (κ1) is 33.4. The van der Waals surface area contributed by atoms with Gasteiger partial charge in [-0.2, -0.15) is 0 Å². The van der Waals surface area contributed by atoms with Gasteiger partial charge in [0, 0.05) is 60.5 Å². The first-order valence-electron chi connectivity index (χ1n) is 20.5. The van der Waals surface area contributed by atoms with E-state index in [4.69, 9.17) is 4.98 Å². The molecule has 0 saturated carbocycles. The molecule has 0 bridgehead atoms. The van der Waals surface area contributed by atoms with E-state index in [0.29, 0.717) is 0 Å². The molecule has 13 rings (SSSR count). The minimum absolute atomic E-state index is 1.01. The van der Waals surface area contributed by atoms with Gasteiger partial charge in [0.05, 0.1) is 11.4 Å². The number of pyridine rings is 1. The van der Waals surface area contributed by atoms with Gasteiger partial charge in [-0.1, -0.05) is 158 Å². The lowest BCUT2D eigenvalue weighted by molar-refractivity contribution is 1.09. The third-order valence-corrected chi connectivity index (χ3v) is 13.9. The highest BCUT2D eigenvalue weighted by Crippen LogP contribution is 2.52. The van der Waals surface area contributed by atoms with E-state index in [2.05, 4.69) is 205 Å². The molecule has 0 radical (unpaired) electrons. The summed E-state index contributed by atoms with van der Waals surface area (Å²) in [6.07, 6.45) is 4.16. The van der Waals surface area contributed by atoms with Gasteiger partial charge in [-0.25, -0.2) is 0 Å². The van der Waals surface area contributed by atoms with Crippen LogP contribution in [0.15, 0.2) is 207 Å². The van der Waals surface area contributed by atoms with Crippen LogP contribution in [0.3, 0.4) is 0 Å². The standard InChI is InChI=1S/C57H34N2S/c1-3-17-42-38(13-1)39-14-2-4-18-43(39)53-34-36(27-29-45(53)44-28-26-35(33-52(42)44)37-22-11-23-51-46-19-9-10-25-54(46)60-57(37)51)59-32-30-50-48-24-12-31-58-55(48)47-20-7-5-15-40(47)41-16-6-8-21-49(41)56(50)59/h1-34H. The SMILES string of the molecule is c1ccc2c(c1)-c1ccccc1-c1cc(-n3ccc4c3-c3ccccc3-c3ccccc3-c3ncccc3-4)ccc1-c1ccc(-c3cccc4c3sc3ccccc34)cc1-2.